The molecule has 21 heavy (non-hydrogen) atoms. The molecule has 7 heteroatoms. The minimum atomic E-state index is -0.230. The van der Waals surface area contributed by atoms with Crippen LogP contribution in [0.4, 0.5) is 0 Å². The minimum absolute atomic E-state index is 0.0601. The predicted octanol–water partition coefficient (Wildman–Crippen LogP) is 0.102. The molecule has 0 bridgehead atoms. The van der Waals surface area contributed by atoms with Crippen LogP contribution in [0.5, 0.6) is 5.75 Å². The van der Waals surface area contributed by atoms with Crippen LogP contribution in [-0.2, 0) is 4.74 Å². The molecule has 7 nitrogen and oxygen atoms in total. The number of nitrogens with zero attached hydrogens (tertiary/aromatic N) is 3. The molecular weight excluding hydrogens is 272 g/mol. The number of fused-ring (bicyclic) bond motifs is 1. The molecule has 1 saturated heterocycles. The van der Waals surface area contributed by atoms with E-state index in [1.807, 2.05) is 0 Å². The lowest BCUT2D eigenvalue weighted by Gasteiger charge is -2.26. The Balaban J connectivity index is 1.57. The van der Waals surface area contributed by atoms with Gasteiger partial charge in [-0.05, 0) is 12.1 Å². The van der Waals surface area contributed by atoms with Crippen LogP contribution in [0.3, 0.4) is 0 Å². The first-order chi connectivity index (χ1) is 10.2. The van der Waals surface area contributed by atoms with Crippen LogP contribution in [0.25, 0.3) is 5.65 Å². The van der Waals surface area contributed by atoms with Crippen LogP contribution in [-0.4, -0.2) is 64.7 Å². The van der Waals surface area contributed by atoms with Crippen LogP contribution in [0.15, 0.2) is 24.5 Å². The molecule has 2 aromatic heterocycles. The molecule has 3 heterocycles. The third-order valence-electron chi connectivity index (χ3n) is 3.51. The number of pyridine rings is 1. The average molecular weight is 290 g/mol. The van der Waals surface area contributed by atoms with Gasteiger partial charge in [0.25, 0.3) is 5.91 Å². The zero-order chi connectivity index (χ0) is 14.7. The smallest absolute Gasteiger partial charge is 0.271 e. The van der Waals surface area contributed by atoms with Gasteiger partial charge in [0.2, 0.25) is 0 Å². The van der Waals surface area contributed by atoms with Gasteiger partial charge < -0.3 is 19.6 Å². The molecule has 0 radical (unpaired) electrons. The van der Waals surface area contributed by atoms with Crippen molar-refractivity contribution in [3.8, 4) is 5.75 Å². The van der Waals surface area contributed by atoms with Crippen molar-refractivity contribution in [3.05, 3.63) is 30.2 Å². The zero-order valence-electron chi connectivity index (χ0n) is 11.7. The van der Waals surface area contributed by atoms with E-state index in [1.165, 1.54) is 0 Å². The van der Waals surface area contributed by atoms with Crippen molar-refractivity contribution >= 4 is 11.6 Å². The van der Waals surface area contributed by atoms with Crippen molar-refractivity contribution < 1.29 is 14.6 Å². The predicted molar refractivity (Wildman–Crippen MR) is 76.4 cm³/mol. The summed E-state index contributed by atoms with van der Waals surface area (Å²) in [7, 11) is 0. The van der Waals surface area contributed by atoms with Crippen molar-refractivity contribution in [1.82, 2.24) is 19.6 Å². The summed E-state index contributed by atoms with van der Waals surface area (Å²) in [4.78, 5) is 18.4. The monoisotopic (exact) mass is 290 g/mol. The van der Waals surface area contributed by atoms with Gasteiger partial charge in [0.1, 0.15) is 5.69 Å². The Labute approximate surface area is 122 Å². The second-order valence-electron chi connectivity index (χ2n) is 4.96. The topological polar surface area (TPSA) is 79.1 Å². The summed E-state index contributed by atoms with van der Waals surface area (Å²) >= 11 is 0. The molecule has 1 fully saturated rings. The molecule has 0 spiro atoms. The third-order valence-corrected chi connectivity index (χ3v) is 3.51. The quantitative estimate of drug-likeness (QED) is 0.835. The number of aromatic nitrogens is 2. The van der Waals surface area contributed by atoms with E-state index in [1.54, 1.807) is 28.9 Å². The Hall–Kier alpha value is -2.12. The van der Waals surface area contributed by atoms with Gasteiger partial charge in [-0.15, -0.1) is 0 Å². The van der Waals surface area contributed by atoms with Gasteiger partial charge in [-0.25, -0.2) is 4.98 Å². The number of carbonyl (C=O) groups excluding carboxylic acids is 1. The van der Waals surface area contributed by atoms with Crippen LogP contribution < -0.4 is 5.32 Å². The van der Waals surface area contributed by atoms with Crippen LogP contribution in [0.1, 0.15) is 10.5 Å². The maximum absolute atomic E-state index is 12.1. The lowest BCUT2D eigenvalue weighted by molar-refractivity contribution is 0.0383. The Bertz CT molecular complexity index is 634. The van der Waals surface area contributed by atoms with Gasteiger partial charge in [0.05, 0.1) is 13.2 Å². The lowest BCUT2D eigenvalue weighted by Crippen LogP contribution is -2.41. The van der Waals surface area contributed by atoms with Crippen molar-refractivity contribution in [1.29, 1.82) is 0 Å². The summed E-state index contributed by atoms with van der Waals surface area (Å²) in [5, 5.41) is 12.5. The number of hydrogen-bond acceptors (Lipinski definition) is 5. The van der Waals surface area contributed by atoms with Gasteiger partial charge in [-0.1, -0.05) is 0 Å². The number of aromatic hydroxyl groups is 1. The normalized spacial score (nSPS) is 16.2. The molecule has 1 amide bonds. The second-order valence-corrected chi connectivity index (χ2v) is 4.96. The number of carbonyl (C=O) groups is 1. The van der Waals surface area contributed by atoms with Gasteiger partial charge in [0.15, 0.2) is 11.4 Å². The maximum Gasteiger partial charge on any atom is 0.271 e. The lowest BCUT2D eigenvalue weighted by atomic mass is 10.4. The SMILES string of the molecule is O=C(NCCN1CCOCC1)c1cn2cccc(O)c2n1. The van der Waals surface area contributed by atoms with Crippen molar-refractivity contribution in [2.45, 2.75) is 0 Å². The maximum atomic E-state index is 12.1. The van der Waals surface area contributed by atoms with E-state index >= 15 is 0 Å². The van der Waals surface area contributed by atoms with Crippen LogP contribution in [0, 0.1) is 0 Å². The molecule has 0 saturated carbocycles. The number of ether oxygens (including phenoxy) is 1. The molecule has 1 aliphatic heterocycles. The van der Waals surface area contributed by atoms with Crippen LogP contribution >= 0.6 is 0 Å². The summed E-state index contributed by atoms with van der Waals surface area (Å²) in [5.41, 5.74) is 0.689. The van der Waals surface area contributed by atoms with Crippen molar-refractivity contribution in [2.75, 3.05) is 39.4 Å². The van der Waals surface area contributed by atoms with Crippen LogP contribution in [0.2, 0.25) is 0 Å². The van der Waals surface area contributed by atoms with E-state index < -0.39 is 0 Å². The first-order valence-electron chi connectivity index (χ1n) is 6.99. The first-order valence-corrected chi connectivity index (χ1v) is 6.99. The molecule has 0 atom stereocenters. The largest absolute Gasteiger partial charge is 0.504 e. The molecule has 2 N–H and O–H groups in total. The van der Waals surface area contributed by atoms with Gasteiger partial charge in [-0.2, -0.15) is 0 Å². The fourth-order valence-corrected chi connectivity index (χ4v) is 2.35. The van der Waals surface area contributed by atoms with Gasteiger partial charge >= 0.3 is 0 Å². The van der Waals surface area contributed by atoms with E-state index in [4.69, 9.17) is 4.74 Å². The van der Waals surface area contributed by atoms with Gasteiger partial charge in [0, 0.05) is 38.6 Å². The van der Waals surface area contributed by atoms with Crippen molar-refractivity contribution in [3.63, 3.8) is 0 Å². The highest BCUT2D eigenvalue weighted by Crippen LogP contribution is 2.16. The molecular formula is C14H18N4O3. The fourth-order valence-electron chi connectivity index (χ4n) is 2.35. The molecule has 0 aromatic carbocycles. The summed E-state index contributed by atoms with van der Waals surface area (Å²) < 4.78 is 6.91. The van der Waals surface area contributed by atoms with E-state index in [0.29, 0.717) is 17.9 Å². The molecule has 1 aliphatic rings. The van der Waals surface area contributed by atoms with Crippen molar-refractivity contribution in [2.24, 2.45) is 0 Å². The average Bonchev–Trinajstić information content (AvgIpc) is 2.94. The molecule has 112 valence electrons. The van der Waals surface area contributed by atoms with E-state index in [-0.39, 0.29) is 11.7 Å². The summed E-state index contributed by atoms with van der Waals surface area (Å²) in [5.74, 6) is -0.170. The summed E-state index contributed by atoms with van der Waals surface area (Å²) in [6.07, 6.45) is 3.35. The molecule has 3 rings (SSSR count). The van der Waals surface area contributed by atoms with Gasteiger partial charge in [-0.3, -0.25) is 9.69 Å². The number of morpholine rings is 1. The number of rotatable bonds is 4. The Morgan fingerprint density at radius 2 is 2.24 bits per heavy atom. The summed E-state index contributed by atoms with van der Waals surface area (Å²) in [6.45, 7) is 4.67. The molecule has 0 aliphatic carbocycles. The zero-order valence-corrected chi connectivity index (χ0v) is 11.7. The first kappa shape index (κ1) is 13.8. The standard InChI is InChI=1S/C14H18N4O3/c19-12-2-1-4-18-10-11(16-13(12)18)14(20)15-3-5-17-6-8-21-9-7-17/h1-2,4,10,19H,3,5-9H2,(H,15,20). The fraction of sp³-hybridized carbons (Fsp3) is 0.429. The highest BCUT2D eigenvalue weighted by Gasteiger charge is 2.14. The highest BCUT2D eigenvalue weighted by molar-refractivity contribution is 5.93. The number of hydrogen-bond donors (Lipinski definition) is 2. The van der Waals surface area contributed by atoms with E-state index in [0.717, 1.165) is 32.8 Å². The second kappa shape index (κ2) is 6.11. The number of nitrogens with one attached hydrogen (secondary N) is 1. The highest BCUT2D eigenvalue weighted by atomic mass is 16.5. The summed E-state index contributed by atoms with van der Waals surface area (Å²) in [6, 6.07) is 3.24. The Morgan fingerprint density at radius 1 is 1.43 bits per heavy atom. The van der Waals surface area contributed by atoms with E-state index in [9.17, 15) is 9.90 Å². The Kier molecular flexibility index (Phi) is 4.03. The minimum Gasteiger partial charge on any atom is -0.504 e. The number of amides is 1. The van der Waals surface area contributed by atoms with E-state index in [2.05, 4.69) is 15.2 Å². The molecule has 0 unspecified atom stereocenters. The Morgan fingerprint density at radius 3 is 3.00 bits per heavy atom. The number of imidazole rings is 1. The molecule has 2 aromatic rings. The third kappa shape index (κ3) is 3.14.